The third kappa shape index (κ3) is 4.68. The molecule has 0 unspecified atom stereocenters. The van der Waals surface area contributed by atoms with E-state index in [9.17, 15) is 18.5 Å². The molecule has 0 aliphatic heterocycles. The normalized spacial score (nSPS) is 15.4. The average molecular weight is 421 g/mol. The van der Waals surface area contributed by atoms with Gasteiger partial charge in [0.1, 0.15) is 5.69 Å². The zero-order valence-corrected chi connectivity index (χ0v) is 16.4. The van der Waals surface area contributed by atoms with Gasteiger partial charge in [0.15, 0.2) is 0 Å². The number of allylic oxidation sites excluding steroid dienone is 2. The molecule has 0 heterocycles. The van der Waals surface area contributed by atoms with Crippen LogP contribution in [-0.4, -0.2) is 19.1 Å². The van der Waals surface area contributed by atoms with Crippen LogP contribution in [0.1, 0.15) is 19.8 Å². The first-order valence-electron chi connectivity index (χ1n) is 8.31. The molecule has 8 nitrogen and oxygen atoms in total. The summed E-state index contributed by atoms with van der Waals surface area (Å²) in [4.78, 5) is 10.5. The van der Waals surface area contributed by atoms with E-state index in [-0.39, 0.29) is 16.3 Å². The maximum Gasteiger partial charge on any atom is 0.295 e. The summed E-state index contributed by atoms with van der Waals surface area (Å²) in [5.41, 5.74) is 4.60. The minimum absolute atomic E-state index is 0.108. The molecule has 1 aliphatic carbocycles. The Morgan fingerprint density at radius 1 is 1.18 bits per heavy atom. The maximum absolute atomic E-state index is 12.6. The molecule has 2 aromatic carbocycles. The minimum atomic E-state index is -4.03. The third-order valence-corrected chi connectivity index (χ3v) is 5.68. The number of nitro benzene ring substituents is 1. The van der Waals surface area contributed by atoms with Gasteiger partial charge in [-0.15, -0.1) is 0 Å². The van der Waals surface area contributed by atoms with E-state index in [2.05, 4.69) is 15.2 Å². The van der Waals surface area contributed by atoms with Gasteiger partial charge in [-0.25, -0.2) is 8.42 Å². The molecular weight excluding hydrogens is 404 g/mol. The van der Waals surface area contributed by atoms with Crippen LogP contribution in [0.2, 0.25) is 5.02 Å². The predicted octanol–water partition coefficient (Wildman–Crippen LogP) is 4.56. The van der Waals surface area contributed by atoms with E-state index in [4.69, 9.17) is 11.6 Å². The number of halogens is 1. The van der Waals surface area contributed by atoms with E-state index >= 15 is 0 Å². The van der Waals surface area contributed by atoms with Gasteiger partial charge >= 0.3 is 0 Å². The Morgan fingerprint density at radius 2 is 1.96 bits per heavy atom. The van der Waals surface area contributed by atoms with Crippen molar-refractivity contribution in [1.82, 2.24) is 0 Å². The highest BCUT2D eigenvalue weighted by Crippen LogP contribution is 2.29. The molecule has 2 N–H and O–H groups in total. The molecule has 0 fully saturated rings. The van der Waals surface area contributed by atoms with Crippen molar-refractivity contribution in [3.63, 3.8) is 0 Å². The van der Waals surface area contributed by atoms with Crippen molar-refractivity contribution in [3.8, 4) is 0 Å². The van der Waals surface area contributed by atoms with Crippen LogP contribution in [0, 0.1) is 10.1 Å². The second-order valence-corrected chi connectivity index (χ2v) is 8.38. The Kier molecular flexibility index (Phi) is 5.66. The van der Waals surface area contributed by atoms with Crippen LogP contribution in [0.25, 0.3) is 0 Å². The van der Waals surface area contributed by atoms with Gasteiger partial charge in [-0.2, -0.15) is 5.10 Å². The molecule has 146 valence electrons. The standard InChI is InChI=1S/C18H17ClN4O4S/c1-12-5-6-14(9-12)20-21-17-8-7-16(11-18(17)23(24)25)28(26,27)22-15-4-2-3-13(19)10-15/h2-4,7-11,21-22H,5-6H2,1H3. The lowest BCUT2D eigenvalue weighted by Gasteiger charge is -2.10. The van der Waals surface area contributed by atoms with Gasteiger partial charge in [-0.3, -0.25) is 20.3 Å². The minimum Gasteiger partial charge on any atom is -0.280 e. The predicted molar refractivity (Wildman–Crippen MR) is 109 cm³/mol. The number of hydrogen-bond acceptors (Lipinski definition) is 6. The van der Waals surface area contributed by atoms with Gasteiger partial charge in [0.2, 0.25) is 0 Å². The van der Waals surface area contributed by atoms with Crippen molar-refractivity contribution in [2.75, 3.05) is 10.1 Å². The second kappa shape index (κ2) is 7.99. The molecule has 1 aliphatic rings. The third-order valence-electron chi connectivity index (χ3n) is 4.06. The van der Waals surface area contributed by atoms with Crippen molar-refractivity contribution >= 4 is 44.4 Å². The summed E-state index contributed by atoms with van der Waals surface area (Å²) in [6.07, 6.45) is 3.56. The van der Waals surface area contributed by atoms with Gasteiger partial charge in [0.25, 0.3) is 15.7 Å². The monoisotopic (exact) mass is 420 g/mol. The number of hydrogen-bond donors (Lipinski definition) is 2. The van der Waals surface area contributed by atoms with E-state index in [0.29, 0.717) is 5.02 Å². The Labute approximate surface area is 167 Å². The van der Waals surface area contributed by atoms with Crippen molar-refractivity contribution in [2.45, 2.75) is 24.7 Å². The summed E-state index contributed by atoms with van der Waals surface area (Å²) in [6.45, 7) is 1.98. The Morgan fingerprint density at radius 3 is 2.61 bits per heavy atom. The zero-order valence-electron chi connectivity index (χ0n) is 14.8. The molecule has 2 aromatic rings. The van der Waals surface area contributed by atoms with Gasteiger partial charge in [-0.1, -0.05) is 23.2 Å². The Bertz CT molecular complexity index is 1100. The van der Waals surface area contributed by atoms with Crippen molar-refractivity contribution in [3.05, 3.63) is 69.3 Å². The quantitative estimate of drug-likeness (QED) is 0.525. The summed E-state index contributed by atoms with van der Waals surface area (Å²) in [5, 5.41) is 15.9. The first kappa shape index (κ1) is 19.8. The fraction of sp³-hybridized carbons (Fsp3) is 0.167. The summed E-state index contributed by atoms with van der Waals surface area (Å²) < 4.78 is 27.5. The molecule has 28 heavy (non-hydrogen) atoms. The number of sulfonamides is 1. The van der Waals surface area contributed by atoms with Crippen LogP contribution >= 0.6 is 11.6 Å². The molecule has 0 amide bonds. The molecule has 0 bridgehead atoms. The lowest BCUT2D eigenvalue weighted by molar-refractivity contribution is -0.384. The Balaban J connectivity index is 1.88. The summed E-state index contributed by atoms with van der Waals surface area (Å²) in [7, 11) is -4.03. The van der Waals surface area contributed by atoms with E-state index in [1.54, 1.807) is 12.1 Å². The van der Waals surface area contributed by atoms with Crippen LogP contribution < -0.4 is 10.1 Å². The lowest BCUT2D eigenvalue weighted by Crippen LogP contribution is -2.13. The van der Waals surface area contributed by atoms with Crippen LogP contribution in [-0.2, 0) is 10.0 Å². The number of nitrogens with zero attached hydrogens (tertiary/aromatic N) is 2. The first-order chi connectivity index (χ1) is 13.2. The van der Waals surface area contributed by atoms with E-state index in [1.165, 1.54) is 29.8 Å². The van der Waals surface area contributed by atoms with Gasteiger partial charge < -0.3 is 0 Å². The number of nitrogens with one attached hydrogen (secondary N) is 2. The number of benzene rings is 2. The van der Waals surface area contributed by atoms with Crippen molar-refractivity contribution in [1.29, 1.82) is 0 Å². The topological polar surface area (TPSA) is 114 Å². The van der Waals surface area contributed by atoms with Gasteiger partial charge in [-0.05, 0) is 56.2 Å². The highest BCUT2D eigenvalue weighted by Gasteiger charge is 2.22. The van der Waals surface area contributed by atoms with Crippen molar-refractivity contribution < 1.29 is 13.3 Å². The van der Waals surface area contributed by atoms with E-state index in [0.717, 1.165) is 24.6 Å². The van der Waals surface area contributed by atoms with Crippen LogP contribution in [0.4, 0.5) is 17.1 Å². The maximum atomic E-state index is 12.6. The molecule has 0 spiro atoms. The van der Waals surface area contributed by atoms with Gasteiger partial charge in [0.05, 0.1) is 21.2 Å². The van der Waals surface area contributed by atoms with Crippen molar-refractivity contribution in [2.24, 2.45) is 5.10 Å². The highest BCUT2D eigenvalue weighted by atomic mass is 35.5. The van der Waals surface area contributed by atoms with Crippen LogP contribution in [0.5, 0.6) is 0 Å². The molecule has 0 saturated heterocycles. The summed E-state index contributed by atoms with van der Waals surface area (Å²) >= 11 is 5.86. The fourth-order valence-corrected chi connectivity index (χ4v) is 3.92. The fourth-order valence-electron chi connectivity index (χ4n) is 2.66. The summed E-state index contributed by atoms with van der Waals surface area (Å²) in [6, 6.07) is 9.75. The molecule has 0 saturated carbocycles. The number of rotatable bonds is 6. The Hall–Kier alpha value is -2.91. The van der Waals surface area contributed by atoms with Gasteiger partial charge in [0, 0.05) is 11.1 Å². The molecule has 0 aromatic heterocycles. The summed E-state index contributed by atoms with van der Waals surface area (Å²) in [5.74, 6) is 0. The molecule has 10 heteroatoms. The number of nitro groups is 1. The molecule has 0 atom stereocenters. The second-order valence-electron chi connectivity index (χ2n) is 6.26. The molecule has 0 radical (unpaired) electrons. The zero-order chi connectivity index (χ0) is 20.3. The smallest absolute Gasteiger partial charge is 0.280 e. The largest absolute Gasteiger partial charge is 0.295 e. The number of hydrazone groups is 1. The highest BCUT2D eigenvalue weighted by molar-refractivity contribution is 7.92. The lowest BCUT2D eigenvalue weighted by atomic mass is 10.3. The van der Waals surface area contributed by atoms with E-state index in [1.807, 2.05) is 13.0 Å². The van der Waals surface area contributed by atoms with Crippen LogP contribution in [0.3, 0.4) is 0 Å². The molecular formula is C18H17ClN4O4S. The molecule has 3 rings (SSSR count). The first-order valence-corrected chi connectivity index (χ1v) is 10.2. The average Bonchev–Trinajstić information content (AvgIpc) is 3.04. The van der Waals surface area contributed by atoms with Crippen LogP contribution in [0.15, 0.2) is 64.1 Å². The number of anilines is 2. The SMILES string of the molecule is CC1=CC(=NNc2ccc(S(=O)(=O)Nc3cccc(Cl)c3)cc2[N+](=O)[O-])CC1. The van der Waals surface area contributed by atoms with E-state index < -0.39 is 20.6 Å².